The van der Waals surface area contributed by atoms with E-state index in [1.165, 1.54) is 18.2 Å². The molecule has 0 radical (unpaired) electrons. The number of hydrogen-bond acceptors (Lipinski definition) is 5. The van der Waals surface area contributed by atoms with E-state index in [4.69, 9.17) is 0 Å². The van der Waals surface area contributed by atoms with Crippen molar-refractivity contribution >= 4 is 15.7 Å². The minimum Gasteiger partial charge on any atom is -0.337 e. The van der Waals surface area contributed by atoms with Gasteiger partial charge in [-0.25, -0.2) is 22.8 Å². The molecule has 0 unspecified atom stereocenters. The summed E-state index contributed by atoms with van der Waals surface area (Å²) in [5, 5.41) is -0.715. The molecule has 1 heterocycles. The van der Waals surface area contributed by atoms with Crippen molar-refractivity contribution in [3.05, 3.63) is 76.7 Å². The van der Waals surface area contributed by atoms with E-state index in [2.05, 4.69) is 9.97 Å². The van der Waals surface area contributed by atoms with E-state index in [1.807, 2.05) is 0 Å². The zero-order valence-electron chi connectivity index (χ0n) is 18.4. The standard InChI is InChI=1S/C22H16F7N3O3S/c1-32(11-12-7-13(21(24,25)26)9-14(8-12)22(27,28)29)19(33)16-10-30-20(36(2,34)35)31-18(16)15-5-3-4-6-17(15)23/h3-10H,11H2,1-2H3. The second kappa shape index (κ2) is 9.48. The van der Waals surface area contributed by atoms with Crippen molar-refractivity contribution in [1.29, 1.82) is 0 Å². The van der Waals surface area contributed by atoms with E-state index in [-0.39, 0.29) is 11.6 Å². The highest BCUT2D eigenvalue weighted by Gasteiger charge is 2.37. The molecule has 1 aromatic heterocycles. The fraction of sp³-hybridized carbons (Fsp3) is 0.227. The van der Waals surface area contributed by atoms with E-state index >= 15 is 0 Å². The fourth-order valence-electron chi connectivity index (χ4n) is 3.22. The lowest BCUT2D eigenvalue weighted by Gasteiger charge is -2.21. The molecule has 0 atom stereocenters. The van der Waals surface area contributed by atoms with Crippen LogP contribution in [0.1, 0.15) is 27.0 Å². The van der Waals surface area contributed by atoms with Crippen LogP contribution in [0, 0.1) is 5.82 Å². The van der Waals surface area contributed by atoms with Crippen molar-refractivity contribution in [2.24, 2.45) is 0 Å². The largest absolute Gasteiger partial charge is 0.416 e. The van der Waals surface area contributed by atoms with Crippen molar-refractivity contribution in [2.45, 2.75) is 24.1 Å². The van der Waals surface area contributed by atoms with Crippen LogP contribution < -0.4 is 0 Å². The maximum Gasteiger partial charge on any atom is 0.416 e. The van der Waals surface area contributed by atoms with Gasteiger partial charge in [-0.2, -0.15) is 26.3 Å². The Morgan fingerprint density at radius 2 is 1.53 bits per heavy atom. The van der Waals surface area contributed by atoms with Gasteiger partial charge in [0, 0.05) is 31.6 Å². The highest BCUT2D eigenvalue weighted by atomic mass is 32.2. The van der Waals surface area contributed by atoms with E-state index in [0.29, 0.717) is 12.1 Å². The summed E-state index contributed by atoms with van der Waals surface area (Å²) in [5.74, 6) is -1.86. The summed E-state index contributed by atoms with van der Waals surface area (Å²) in [4.78, 5) is 21.3. The number of benzene rings is 2. The lowest BCUT2D eigenvalue weighted by atomic mass is 10.0. The van der Waals surface area contributed by atoms with Crippen molar-refractivity contribution in [1.82, 2.24) is 14.9 Å². The highest BCUT2D eigenvalue weighted by Crippen LogP contribution is 2.36. The van der Waals surface area contributed by atoms with Gasteiger partial charge in [0.1, 0.15) is 5.82 Å². The van der Waals surface area contributed by atoms with E-state index in [0.717, 1.165) is 30.5 Å². The minimum atomic E-state index is -5.08. The van der Waals surface area contributed by atoms with Crippen molar-refractivity contribution in [3.8, 4) is 11.3 Å². The Balaban J connectivity index is 2.07. The van der Waals surface area contributed by atoms with Gasteiger partial charge in [0.05, 0.1) is 22.4 Å². The highest BCUT2D eigenvalue weighted by molar-refractivity contribution is 7.90. The molecule has 0 bridgehead atoms. The molecule has 0 saturated heterocycles. The predicted octanol–water partition coefficient (Wildman–Crippen LogP) is 5.00. The van der Waals surface area contributed by atoms with E-state index in [9.17, 15) is 43.9 Å². The summed E-state index contributed by atoms with van der Waals surface area (Å²) in [7, 11) is -2.89. The smallest absolute Gasteiger partial charge is 0.337 e. The number of rotatable bonds is 5. The molecule has 0 aliphatic heterocycles. The molecule has 192 valence electrons. The molecule has 0 N–H and O–H groups in total. The number of sulfone groups is 1. The predicted molar refractivity (Wildman–Crippen MR) is 113 cm³/mol. The van der Waals surface area contributed by atoms with Crippen LogP contribution in [0.2, 0.25) is 0 Å². The third-order valence-corrected chi connectivity index (χ3v) is 5.73. The molecule has 6 nitrogen and oxygen atoms in total. The average molecular weight is 535 g/mol. The number of nitrogens with zero attached hydrogens (tertiary/aromatic N) is 3. The van der Waals surface area contributed by atoms with Crippen LogP contribution in [0.25, 0.3) is 11.3 Å². The van der Waals surface area contributed by atoms with Crippen molar-refractivity contribution in [2.75, 3.05) is 13.3 Å². The summed E-state index contributed by atoms with van der Waals surface area (Å²) in [6, 6.07) is 5.86. The molecule has 14 heteroatoms. The third-order valence-electron chi connectivity index (χ3n) is 4.87. The molecular formula is C22H16F7N3O3S. The molecule has 3 aromatic rings. The summed E-state index contributed by atoms with van der Waals surface area (Å²) in [5.41, 5.74) is -4.69. The Labute approximate surface area is 200 Å². The Hall–Kier alpha value is -3.55. The monoisotopic (exact) mass is 535 g/mol. The molecule has 0 spiro atoms. The first-order valence-electron chi connectivity index (χ1n) is 9.84. The van der Waals surface area contributed by atoms with Gasteiger partial charge in [0.25, 0.3) is 5.91 Å². The molecule has 2 aromatic carbocycles. The molecule has 1 amide bonds. The Kier molecular flexibility index (Phi) is 7.12. The zero-order valence-corrected chi connectivity index (χ0v) is 19.3. The van der Waals surface area contributed by atoms with E-state index < -0.39 is 73.6 Å². The number of amides is 1. The lowest BCUT2D eigenvalue weighted by Crippen LogP contribution is -2.28. The minimum absolute atomic E-state index is 0.0423. The molecule has 0 aliphatic rings. The Morgan fingerprint density at radius 1 is 0.972 bits per heavy atom. The van der Waals surface area contributed by atoms with Crippen LogP contribution in [0.5, 0.6) is 0 Å². The van der Waals surface area contributed by atoms with Crippen molar-refractivity contribution in [3.63, 3.8) is 0 Å². The Morgan fingerprint density at radius 3 is 2.03 bits per heavy atom. The van der Waals surface area contributed by atoms with Gasteiger partial charge in [-0.3, -0.25) is 4.79 Å². The Bertz CT molecular complexity index is 1390. The zero-order chi connectivity index (χ0) is 27.1. The van der Waals surface area contributed by atoms with Crippen LogP contribution in [-0.4, -0.2) is 42.5 Å². The molecular weight excluding hydrogens is 519 g/mol. The lowest BCUT2D eigenvalue weighted by molar-refractivity contribution is -0.143. The molecule has 0 fully saturated rings. The van der Waals surface area contributed by atoms with Gasteiger partial charge in [-0.1, -0.05) is 12.1 Å². The van der Waals surface area contributed by atoms with Crippen molar-refractivity contribution < 1.29 is 43.9 Å². The second-order valence-corrected chi connectivity index (χ2v) is 9.65. The first kappa shape index (κ1) is 27.0. The number of carbonyl (C=O) groups excluding carboxylic acids is 1. The van der Waals surface area contributed by atoms with Crippen LogP contribution in [-0.2, 0) is 28.7 Å². The topological polar surface area (TPSA) is 80.2 Å². The van der Waals surface area contributed by atoms with Gasteiger partial charge >= 0.3 is 12.4 Å². The number of alkyl halides is 6. The van der Waals surface area contributed by atoms with Crippen LogP contribution in [0.15, 0.2) is 53.8 Å². The third kappa shape index (κ3) is 5.98. The van der Waals surface area contributed by atoms with Gasteiger partial charge in [0.2, 0.25) is 15.0 Å². The molecule has 3 rings (SSSR count). The quantitative estimate of drug-likeness (QED) is 0.340. The number of aromatic nitrogens is 2. The van der Waals surface area contributed by atoms with Gasteiger partial charge in [0.15, 0.2) is 0 Å². The van der Waals surface area contributed by atoms with E-state index in [1.54, 1.807) is 0 Å². The van der Waals surface area contributed by atoms with Gasteiger partial charge in [-0.05, 0) is 35.9 Å². The van der Waals surface area contributed by atoms with Gasteiger partial charge in [-0.15, -0.1) is 0 Å². The first-order chi connectivity index (χ1) is 16.5. The summed E-state index contributed by atoms with van der Waals surface area (Å²) >= 11 is 0. The summed E-state index contributed by atoms with van der Waals surface area (Å²) < 4.78 is 117. The molecule has 0 saturated carbocycles. The van der Waals surface area contributed by atoms with Crippen LogP contribution >= 0.6 is 0 Å². The SMILES string of the molecule is CN(Cc1cc(C(F)(F)F)cc(C(F)(F)F)c1)C(=O)c1cnc(S(C)(=O)=O)nc1-c1ccccc1F. The second-order valence-electron chi connectivity index (χ2n) is 7.74. The number of hydrogen-bond donors (Lipinski definition) is 0. The normalized spacial score (nSPS) is 12.5. The first-order valence-corrected chi connectivity index (χ1v) is 11.7. The molecule has 0 aliphatic carbocycles. The van der Waals surface area contributed by atoms with Crippen LogP contribution in [0.3, 0.4) is 0 Å². The average Bonchev–Trinajstić information content (AvgIpc) is 2.76. The maximum atomic E-state index is 14.5. The van der Waals surface area contributed by atoms with Crippen LogP contribution in [0.4, 0.5) is 30.7 Å². The van der Waals surface area contributed by atoms with Gasteiger partial charge < -0.3 is 4.90 Å². The molecule has 36 heavy (non-hydrogen) atoms. The summed E-state index contributed by atoms with van der Waals surface area (Å²) in [6.07, 6.45) is -8.57. The number of carbonyl (C=O) groups is 1. The fourth-order valence-corrected chi connectivity index (χ4v) is 3.72. The maximum absolute atomic E-state index is 14.5. The number of halogens is 7. The summed E-state index contributed by atoms with van der Waals surface area (Å²) in [6.45, 7) is -0.698.